The number of aliphatic imine (C=N–C) groups is 1. The molecule has 7 aromatic carbocycles. The van der Waals surface area contributed by atoms with Crippen LogP contribution in [0.25, 0.3) is 43.8 Å². The van der Waals surface area contributed by atoms with Crippen LogP contribution in [-0.4, -0.2) is 6.21 Å². The number of fused-ring (bicyclic) bond motifs is 2. The summed E-state index contributed by atoms with van der Waals surface area (Å²) in [4.78, 5) is 4.17. The normalized spacial score (nSPS) is 10.6. The van der Waals surface area contributed by atoms with Gasteiger partial charge in [0.25, 0.3) is 0 Å². The minimum Gasteiger partial charge on any atom is -0.378 e. The molecule has 1 nitrogen and oxygen atoms in total. The first-order valence-electron chi connectivity index (χ1n) is 13.3. The molecule has 0 aliphatic heterocycles. The van der Waals surface area contributed by atoms with Crippen LogP contribution in [0.4, 0.5) is 5.69 Å². The van der Waals surface area contributed by atoms with E-state index in [1.54, 1.807) is 0 Å². The van der Waals surface area contributed by atoms with E-state index in [1.807, 2.05) is 66.7 Å². The largest absolute Gasteiger partial charge is 1.00 e. The molecule has 2 heteroatoms. The van der Waals surface area contributed by atoms with Crippen LogP contribution in [0.1, 0.15) is 5.56 Å². The number of hydrogen-bond acceptors (Lipinski definition) is 1. The van der Waals surface area contributed by atoms with Gasteiger partial charge in [-0.15, -0.1) is 41.1 Å². The maximum Gasteiger partial charge on any atom is 1.00 e. The molecule has 0 spiro atoms. The minimum atomic E-state index is 0. The summed E-state index contributed by atoms with van der Waals surface area (Å²) in [6.07, 6.45) is 2.95. The van der Waals surface area contributed by atoms with Crippen molar-refractivity contribution in [2.45, 2.75) is 0 Å². The van der Waals surface area contributed by atoms with E-state index in [9.17, 15) is 0 Å². The topological polar surface area (TPSA) is 12.4 Å². The molecule has 0 atom stereocenters. The van der Waals surface area contributed by atoms with Gasteiger partial charge < -0.3 is 4.99 Å². The fourth-order valence-corrected chi connectivity index (χ4v) is 5.00. The quantitative estimate of drug-likeness (QED) is 0.0982. The van der Waals surface area contributed by atoms with E-state index in [1.165, 1.54) is 43.8 Å². The van der Waals surface area contributed by atoms with Crippen LogP contribution in [0.3, 0.4) is 0 Å². The van der Waals surface area contributed by atoms with Crippen molar-refractivity contribution in [2.75, 3.05) is 0 Å². The van der Waals surface area contributed by atoms with Gasteiger partial charge in [0.2, 0.25) is 0 Å². The maximum absolute atomic E-state index is 4.17. The SMILES string of the molecule is [C-](=Nc1[c-]cccc1)c1ccccc1.[Na+].[c-]1ccc(-c2c3ccccc3c(-c3ccccc3)c3ccccc23)cc1. The Kier molecular flexibility index (Phi) is 9.57. The molecule has 7 rings (SSSR count). The van der Waals surface area contributed by atoms with Gasteiger partial charge in [-0.1, -0.05) is 84.9 Å². The second kappa shape index (κ2) is 13.9. The van der Waals surface area contributed by atoms with Crippen LogP contribution in [0.5, 0.6) is 0 Å². The summed E-state index contributed by atoms with van der Waals surface area (Å²) in [7, 11) is 0. The Hall–Kier alpha value is -4.27. The fourth-order valence-electron chi connectivity index (χ4n) is 5.00. The molecule has 0 bridgehead atoms. The summed E-state index contributed by atoms with van der Waals surface area (Å²) in [6.45, 7) is 0. The maximum atomic E-state index is 4.17. The van der Waals surface area contributed by atoms with E-state index >= 15 is 0 Å². The molecule has 0 heterocycles. The molecule has 41 heavy (non-hydrogen) atoms. The predicted octanol–water partition coefficient (Wildman–Crippen LogP) is 7.25. The first-order chi connectivity index (χ1) is 19.9. The van der Waals surface area contributed by atoms with E-state index in [2.05, 4.69) is 114 Å². The van der Waals surface area contributed by atoms with E-state index < -0.39 is 0 Å². The summed E-state index contributed by atoms with van der Waals surface area (Å²) < 4.78 is 0. The van der Waals surface area contributed by atoms with Crippen molar-refractivity contribution in [2.24, 2.45) is 4.99 Å². The number of rotatable bonds is 4. The third kappa shape index (κ3) is 6.56. The zero-order chi connectivity index (χ0) is 27.0. The molecule has 0 amide bonds. The van der Waals surface area contributed by atoms with E-state index in [0.29, 0.717) is 0 Å². The van der Waals surface area contributed by atoms with Crippen LogP contribution in [0.15, 0.2) is 163 Å². The zero-order valence-corrected chi connectivity index (χ0v) is 25.0. The fraction of sp³-hybridized carbons (Fsp3) is 0. The Bertz CT molecular complexity index is 1670. The van der Waals surface area contributed by atoms with E-state index in [4.69, 9.17) is 0 Å². The monoisotopic (exact) mass is 531 g/mol. The standard InChI is InChI=1S/C26H17.C13H9N.Na/c1-3-11-19(12-4-1)25-21-15-7-9-17-23(21)26(20-13-5-2-6-14-20)24-18-10-8-16-22(24)25;1-3-7-12(8-4-1)11-14-13-9-5-2-6-10-13;/h1,3-18H;1-9H;/q-1;-2;+1. The second-order valence-electron chi connectivity index (χ2n) is 9.33. The average molecular weight is 532 g/mol. The molecule has 190 valence electrons. The van der Waals surface area contributed by atoms with Crippen LogP contribution >= 0.6 is 0 Å². The molecular formula is C39H26NNa-2. The van der Waals surface area contributed by atoms with Gasteiger partial charge in [-0.25, -0.2) is 6.07 Å². The van der Waals surface area contributed by atoms with Gasteiger partial charge >= 0.3 is 29.6 Å². The van der Waals surface area contributed by atoms with Crippen molar-refractivity contribution in [3.63, 3.8) is 0 Å². The van der Waals surface area contributed by atoms with E-state index in [0.717, 1.165) is 11.3 Å². The Morgan fingerprint density at radius 1 is 0.439 bits per heavy atom. The molecule has 0 aliphatic rings. The predicted molar refractivity (Wildman–Crippen MR) is 169 cm³/mol. The van der Waals surface area contributed by atoms with Crippen LogP contribution < -0.4 is 29.6 Å². The minimum absolute atomic E-state index is 0. The molecule has 7 aromatic rings. The summed E-state index contributed by atoms with van der Waals surface area (Å²) in [5.41, 5.74) is 6.87. The molecule has 0 saturated heterocycles. The van der Waals surface area contributed by atoms with Crippen LogP contribution in [0.2, 0.25) is 0 Å². The van der Waals surface area contributed by atoms with Crippen molar-refractivity contribution in [1.82, 2.24) is 0 Å². The number of benzene rings is 7. The van der Waals surface area contributed by atoms with Crippen molar-refractivity contribution in [1.29, 1.82) is 0 Å². The Morgan fingerprint density at radius 2 is 0.902 bits per heavy atom. The van der Waals surface area contributed by atoms with Gasteiger partial charge in [-0.2, -0.15) is 54.6 Å². The van der Waals surface area contributed by atoms with Gasteiger partial charge in [0.05, 0.1) is 0 Å². The molecule has 0 fully saturated rings. The van der Waals surface area contributed by atoms with Crippen molar-refractivity contribution < 1.29 is 29.6 Å². The molecule has 0 saturated carbocycles. The average Bonchev–Trinajstić information content (AvgIpc) is 3.05. The van der Waals surface area contributed by atoms with E-state index in [-0.39, 0.29) is 29.6 Å². The van der Waals surface area contributed by atoms with Gasteiger partial charge in [0.15, 0.2) is 0 Å². The van der Waals surface area contributed by atoms with Gasteiger partial charge in [-0.05, 0) is 44.4 Å². The first kappa shape index (κ1) is 28.3. The van der Waals surface area contributed by atoms with Gasteiger partial charge in [0, 0.05) is 0 Å². The summed E-state index contributed by atoms with van der Waals surface area (Å²) >= 11 is 0. The van der Waals surface area contributed by atoms with Crippen molar-refractivity contribution >= 4 is 33.4 Å². The van der Waals surface area contributed by atoms with Crippen molar-refractivity contribution in [3.05, 3.63) is 175 Å². The van der Waals surface area contributed by atoms with Gasteiger partial charge in [-0.3, -0.25) is 0 Å². The molecule has 0 aliphatic carbocycles. The number of nitrogens with zero attached hydrogens (tertiary/aromatic N) is 1. The zero-order valence-electron chi connectivity index (χ0n) is 23.0. The third-order valence-electron chi connectivity index (χ3n) is 6.77. The molecule has 0 radical (unpaired) electrons. The number of hydrogen-bond donors (Lipinski definition) is 0. The smallest absolute Gasteiger partial charge is 0.378 e. The van der Waals surface area contributed by atoms with Crippen molar-refractivity contribution in [3.8, 4) is 22.3 Å². The Labute approximate surface area is 264 Å². The Balaban J connectivity index is 0.000000192. The van der Waals surface area contributed by atoms with Gasteiger partial charge in [0.1, 0.15) is 0 Å². The molecular weight excluding hydrogens is 505 g/mol. The number of para-hydroxylation sites is 1. The summed E-state index contributed by atoms with van der Waals surface area (Å²) in [5, 5.41) is 5.16. The second-order valence-corrected chi connectivity index (χ2v) is 9.33. The molecule has 0 aromatic heterocycles. The first-order valence-corrected chi connectivity index (χ1v) is 13.3. The molecule has 0 unspecified atom stereocenters. The molecule has 0 N–H and O–H groups in total. The third-order valence-corrected chi connectivity index (χ3v) is 6.77. The summed E-state index contributed by atoms with van der Waals surface area (Å²) in [6, 6.07) is 60.0. The summed E-state index contributed by atoms with van der Waals surface area (Å²) in [5.74, 6) is 0. The Morgan fingerprint density at radius 3 is 1.41 bits per heavy atom. The van der Waals surface area contributed by atoms with Crippen LogP contribution in [0, 0.1) is 12.1 Å². The van der Waals surface area contributed by atoms with Crippen LogP contribution in [-0.2, 0) is 0 Å².